The summed E-state index contributed by atoms with van der Waals surface area (Å²) in [5.41, 5.74) is 0.464. The number of hydrogen-bond donors (Lipinski definition) is 1. The summed E-state index contributed by atoms with van der Waals surface area (Å²) in [6.45, 7) is 8.63. The first-order valence-corrected chi connectivity index (χ1v) is 14.8. The van der Waals surface area contributed by atoms with Crippen LogP contribution in [0.1, 0.15) is 94.5 Å². The minimum Gasteiger partial charge on any atom is -1.00 e. The Labute approximate surface area is 211 Å². The molecule has 1 atom stereocenters. The van der Waals surface area contributed by atoms with E-state index in [9.17, 15) is 20.0 Å². The van der Waals surface area contributed by atoms with Crippen LogP contribution >= 0.6 is 7.26 Å². The van der Waals surface area contributed by atoms with E-state index in [1.807, 2.05) is 0 Å². The van der Waals surface area contributed by atoms with E-state index in [2.05, 4.69) is 20.8 Å². The van der Waals surface area contributed by atoms with Crippen LogP contribution in [0.3, 0.4) is 0 Å². The average Bonchev–Trinajstić information content (AvgIpc) is 2.81. The van der Waals surface area contributed by atoms with E-state index < -0.39 is 18.2 Å². The summed E-state index contributed by atoms with van der Waals surface area (Å²) in [5, 5.41) is 20.8. The average molecular weight is 548 g/mol. The fraction of sp³-hybridized carbons (Fsp3) is 0.720. The lowest BCUT2D eigenvalue weighted by molar-refractivity contribution is -0.385. The van der Waals surface area contributed by atoms with Gasteiger partial charge in [-0.1, -0.05) is 53.0 Å². The van der Waals surface area contributed by atoms with Crippen molar-refractivity contribution in [3.05, 3.63) is 39.4 Å². The summed E-state index contributed by atoms with van der Waals surface area (Å²) >= 11 is 0. The van der Waals surface area contributed by atoms with E-state index in [-0.39, 0.29) is 40.8 Å². The van der Waals surface area contributed by atoms with Gasteiger partial charge in [-0.05, 0) is 25.3 Å². The molecule has 0 bridgehead atoms. The molecule has 1 aromatic rings. The number of rotatable bonds is 17. The van der Waals surface area contributed by atoms with Gasteiger partial charge in [-0.25, -0.2) is 4.79 Å². The molecule has 0 aliphatic carbocycles. The Hall–Kier alpha value is -1.04. The van der Waals surface area contributed by atoms with Crippen molar-refractivity contribution in [2.24, 2.45) is 0 Å². The second-order valence-corrected chi connectivity index (χ2v) is 13.4. The SMILES string of the molecule is CCCC[P+](CCCC)(CCCC)CCCOC(=O)c1ccc(C(C)CO)c([N+](=O)[O-])c1.[Br-]. The van der Waals surface area contributed by atoms with Crippen LogP contribution in [0.5, 0.6) is 0 Å². The fourth-order valence-corrected chi connectivity index (χ4v) is 9.25. The van der Waals surface area contributed by atoms with Gasteiger partial charge in [0.15, 0.2) is 0 Å². The molecular weight excluding hydrogens is 505 g/mol. The zero-order chi connectivity index (χ0) is 24.0. The van der Waals surface area contributed by atoms with Crippen molar-refractivity contribution in [2.75, 3.05) is 37.9 Å². The number of carbonyl (C=O) groups is 1. The molecule has 1 N–H and O–H groups in total. The van der Waals surface area contributed by atoms with Crippen molar-refractivity contribution in [1.82, 2.24) is 0 Å². The van der Waals surface area contributed by atoms with Crippen molar-refractivity contribution in [3.63, 3.8) is 0 Å². The van der Waals surface area contributed by atoms with Gasteiger partial charge in [-0.2, -0.15) is 0 Å². The first kappa shape index (κ1) is 32.0. The maximum absolute atomic E-state index is 12.5. The number of aliphatic hydroxyl groups is 1. The summed E-state index contributed by atoms with van der Waals surface area (Å²) in [4.78, 5) is 23.4. The van der Waals surface area contributed by atoms with E-state index in [0.29, 0.717) is 12.2 Å². The molecule has 1 unspecified atom stereocenters. The minimum atomic E-state index is -1.02. The number of nitro benzene ring substituents is 1. The third-order valence-electron chi connectivity index (χ3n) is 6.24. The molecule has 0 saturated carbocycles. The van der Waals surface area contributed by atoms with E-state index >= 15 is 0 Å². The van der Waals surface area contributed by atoms with Crippen molar-refractivity contribution >= 4 is 18.9 Å². The van der Waals surface area contributed by atoms with Crippen LogP contribution in [0.25, 0.3) is 0 Å². The molecule has 8 heteroatoms. The third-order valence-corrected chi connectivity index (χ3v) is 11.3. The van der Waals surface area contributed by atoms with Crippen molar-refractivity contribution in [1.29, 1.82) is 0 Å². The predicted octanol–water partition coefficient (Wildman–Crippen LogP) is 3.66. The lowest BCUT2D eigenvalue weighted by atomic mass is 9.98. The molecule has 0 saturated heterocycles. The van der Waals surface area contributed by atoms with Crippen LogP contribution in [-0.4, -0.2) is 53.9 Å². The molecular formula is C25H43BrNO5P. The summed E-state index contributed by atoms with van der Waals surface area (Å²) in [6.07, 6.45) is 13.5. The Balaban J connectivity index is 0.0000102. The van der Waals surface area contributed by atoms with Crippen LogP contribution in [0, 0.1) is 10.1 Å². The molecule has 6 nitrogen and oxygen atoms in total. The van der Waals surface area contributed by atoms with Gasteiger partial charge in [-0.15, -0.1) is 0 Å². The monoisotopic (exact) mass is 547 g/mol. The number of halogens is 1. The van der Waals surface area contributed by atoms with E-state index in [1.165, 1.54) is 63.1 Å². The molecule has 0 aliphatic rings. The van der Waals surface area contributed by atoms with Gasteiger partial charge >= 0.3 is 5.97 Å². The number of carbonyl (C=O) groups excluding carboxylic acids is 1. The normalized spacial score (nSPS) is 12.2. The zero-order valence-electron chi connectivity index (χ0n) is 20.9. The number of esters is 1. The molecule has 1 aromatic carbocycles. The number of nitrogens with zero attached hydrogens (tertiary/aromatic N) is 1. The lowest BCUT2D eigenvalue weighted by Gasteiger charge is -2.28. The highest BCUT2D eigenvalue weighted by molar-refractivity contribution is 7.75. The van der Waals surface area contributed by atoms with Gasteiger partial charge in [0.05, 0.1) is 41.7 Å². The Morgan fingerprint density at radius 1 is 1.03 bits per heavy atom. The van der Waals surface area contributed by atoms with Crippen LogP contribution in [-0.2, 0) is 4.74 Å². The first-order chi connectivity index (χ1) is 15.3. The number of hydrogen-bond acceptors (Lipinski definition) is 5. The molecule has 0 radical (unpaired) electrons. The van der Waals surface area contributed by atoms with E-state index in [0.717, 1.165) is 12.6 Å². The molecule has 190 valence electrons. The smallest absolute Gasteiger partial charge is 0.338 e. The number of benzene rings is 1. The Bertz CT molecular complexity index is 694. The van der Waals surface area contributed by atoms with Crippen molar-refractivity contribution in [2.45, 2.75) is 78.6 Å². The maximum Gasteiger partial charge on any atom is 0.338 e. The summed E-state index contributed by atoms with van der Waals surface area (Å²) in [7, 11) is -1.02. The highest BCUT2D eigenvalue weighted by Crippen LogP contribution is 2.61. The Morgan fingerprint density at radius 2 is 1.55 bits per heavy atom. The standard InChI is InChI=1S/C25H43NO5P.BrH/c1-5-8-15-32(16-9-6-2,17-10-7-3)18-11-14-31-25(28)22-12-13-23(21(4)20-27)24(19-22)26(29)30;/h12-13,19,21,27H,5-11,14-18,20H2,1-4H3;1H/q+1;/p-1. The van der Waals surface area contributed by atoms with Crippen LogP contribution < -0.4 is 17.0 Å². The van der Waals surface area contributed by atoms with Crippen LogP contribution in [0.4, 0.5) is 5.69 Å². The van der Waals surface area contributed by atoms with E-state index in [4.69, 9.17) is 4.74 Å². The number of nitro groups is 1. The molecule has 1 rings (SSSR count). The third kappa shape index (κ3) is 10.8. The first-order valence-electron chi connectivity index (χ1n) is 12.3. The van der Waals surface area contributed by atoms with Crippen molar-refractivity contribution < 1.29 is 36.5 Å². The van der Waals surface area contributed by atoms with Gasteiger partial charge in [0, 0.05) is 37.8 Å². The largest absolute Gasteiger partial charge is 1.00 e. The molecule has 0 fully saturated rings. The summed E-state index contributed by atoms with van der Waals surface area (Å²) < 4.78 is 5.51. The number of aliphatic hydroxyl groups excluding tert-OH is 1. The second kappa shape index (κ2) is 17.4. The van der Waals surface area contributed by atoms with Gasteiger partial charge < -0.3 is 26.8 Å². The van der Waals surface area contributed by atoms with Gasteiger partial charge in [-0.3, -0.25) is 10.1 Å². The van der Waals surface area contributed by atoms with Gasteiger partial charge in [0.1, 0.15) is 0 Å². The predicted molar refractivity (Wildman–Crippen MR) is 135 cm³/mol. The van der Waals surface area contributed by atoms with Gasteiger partial charge in [0.2, 0.25) is 0 Å². The quantitative estimate of drug-likeness (QED) is 0.106. The second-order valence-electron chi connectivity index (χ2n) is 8.90. The number of unbranched alkanes of at least 4 members (excludes halogenated alkanes) is 3. The highest BCUT2D eigenvalue weighted by atomic mass is 79.9. The van der Waals surface area contributed by atoms with Crippen molar-refractivity contribution in [3.8, 4) is 0 Å². The summed E-state index contributed by atoms with van der Waals surface area (Å²) in [5.74, 6) is -0.886. The van der Waals surface area contributed by atoms with E-state index in [1.54, 1.807) is 19.1 Å². The molecule has 0 aliphatic heterocycles. The lowest BCUT2D eigenvalue weighted by Crippen LogP contribution is -3.00. The number of ether oxygens (including phenoxy) is 1. The van der Waals surface area contributed by atoms with Gasteiger partial charge in [0.25, 0.3) is 5.69 Å². The molecule has 0 heterocycles. The van der Waals surface area contributed by atoms with Crippen LogP contribution in [0.2, 0.25) is 0 Å². The minimum absolute atomic E-state index is 0. The highest BCUT2D eigenvalue weighted by Gasteiger charge is 2.34. The maximum atomic E-state index is 12.5. The summed E-state index contributed by atoms with van der Waals surface area (Å²) in [6, 6.07) is 4.37. The fourth-order valence-electron chi connectivity index (χ4n) is 4.14. The zero-order valence-corrected chi connectivity index (χ0v) is 23.3. The van der Waals surface area contributed by atoms with Crippen LogP contribution in [0.15, 0.2) is 18.2 Å². The topological polar surface area (TPSA) is 89.7 Å². The Morgan fingerprint density at radius 3 is 2.00 bits per heavy atom. The molecule has 0 spiro atoms. The molecule has 0 amide bonds. The molecule has 0 aromatic heterocycles. The molecule has 33 heavy (non-hydrogen) atoms. The Kier molecular flexibility index (Phi) is 16.9.